The summed E-state index contributed by atoms with van der Waals surface area (Å²) in [7, 11) is 1.76. The molecule has 3 heterocycles. The first kappa shape index (κ1) is 24.3. The van der Waals surface area contributed by atoms with E-state index in [1.165, 1.54) is 18.4 Å². The quantitative estimate of drug-likeness (QED) is 0.298. The molecule has 2 aliphatic rings. The van der Waals surface area contributed by atoms with Crippen LogP contribution in [0.15, 0.2) is 39.5 Å². The van der Waals surface area contributed by atoms with E-state index in [1.54, 1.807) is 11.6 Å². The summed E-state index contributed by atoms with van der Waals surface area (Å²) < 4.78 is 14.0. The standard InChI is InChI=1S/C29H33ClN4O3/c1-4-19-14-18(28-31-23-13-17(2)9-10-25(23)37-28)11-12-34(19)27-21-15-22(30)26(36-20-7-5-6-8-20)16-24(21)33(3)29(35)32-27/h9-10,13,15-16,18-20H,4-8,11-12,14H2,1-3H3. The average Bonchev–Trinajstić information content (AvgIpc) is 3.56. The molecule has 37 heavy (non-hydrogen) atoms. The Bertz CT molecular complexity index is 1520. The molecule has 2 fully saturated rings. The second-order valence-electron chi connectivity index (χ2n) is 10.6. The highest BCUT2D eigenvalue weighted by Gasteiger charge is 2.33. The van der Waals surface area contributed by atoms with E-state index in [1.807, 2.05) is 18.2 Å². The van der Waals surface area contributed by atoms with Crippen molar-refractivity contribution in [2.45, 2.75) is 76.9 Å². The van der Waals surface area contributed by atoms with Gasteiger partial charge in [0.25, 0.3) is 0 Å². The van der Waals surface area contributed by atoms with Crippen LogP contribution in [0.4, 0.5) is 5.82 Å². The van der Waals surface area contributed by atoms with Crippen LogP contribution in [0, 0.1) is 6.92 Å². The smallest absolute Gasteiger partial charge is 0.349 e. The first-order chi connectivity index (χ1) is 17.9. The van der Waals surface area contributed by atoms with Gasteiger partial charge in [-0.3, -0.25) is 4.57 Å². The lowest BCUT2D eigenvalue weighted by Crippen LogP contribution is -2.43. The van der Waals surface area contributed by atoms with Crippen LogP contribution in [0.1, 0.15) is 69.2 Å². The third-order valence-electron chi connectivity index (χ3n) is 8.10. The first-order valence-corrected chi connectivity index (χ1v) is 13.8. The number of hydrogen-bond donors (Lipinski definition) is 0. The Morgan fingerprint density at radius 3 is 2.73 bits per heavy atom. The fraction of sp³-hybridized carbons (Fsp3) is 0.483. The van der Waals surface area contributed by atoms with Gasteiger partial charge in [-0.25, -0.2) is 9.78 Å². The number of oxazole rings is 1. The van der Waals surface area contributed by atoms with E-state index in [-0.39, 0.29) is 23.8 Å². The van der Waals surface area contributed by atoms with Gasteiger partial charge in [0.15, 0.2) is 11.5 Å². The Morgan fingerprint density at radius 2 is 1.95 bits per heavy atom. The number of anilines is 1. The molecule has 8 heteroatoms. The second kappa shape index (κ2) is 9.67. The maximum atomic E-state index is 13.0. The van der Waals surface area contributed by atoms with Crippen LogP contribution in [-0.2, 0) is 7.05 Å². The topological polar surface area (TPSA) is 73.4 Å². The van der Waals surface area contributed by atoms with Gasteiger partial charge in [0.2, 0.25) is 0 Å². The van der Waals surface area contributed by atoms with Crippen molar-refractivity contribution >= 4 is 39.4 Å². The van der Waals surface area contributed by atoms with Gasteiger partial charge in [-0.05, 0) is 75.6 Å². The lowest BCUT2D eigenvalue weighted by Gasteiger charge is -2.39. The van der Waals surface area contributed by atoms with Crippen LogP contribution in [0.3, 0.4) is 0 Å². The third-order valence-corrected chi connectivity index (χ3v) is 8.40. The molecular weight excluding hydrogens is 488 g/mol. The van der Waals surface area contributed by atoms with E-state index in [0.717, 1.165) is 66.5 Å². The minimum absolute atomic E-state index is 0.188. The zero-order valence-corrected chi connectivity index (χ0v) is 22.4. The molecule has 0 amide bonds. The van der Waals surface area contributed by atoms with E-state index < -0.39 is 0 Å². The van der Waals surface area contributed by atoms with Gasteiger partial charge in [0.1, 0.15) is 17.1 Å². The van der Waals surface area contributed by atoms with Crippen molar-refractivity contribution in [2.75, 3.05) is 11.4 Å². The maximum Gasteiger partial charge on any atom is 0.349 e. The van der Waals surface area contributed by atoms with Crippen molar-refractivity contribution in [1.82, 2.24) is 14.5 Å². The number of ether oxygens (including phenoxy) is 1. The number of fused-ring (bicyclic) bond motifs is 2. The molecule has 0 N–H and O–H groups in total. The Labute approximate surface area is 221 Å². The average molecular weight is 521 g/mol. The summed E-state index contributed by atoms with van der Waals surface area (Å²) in [6.07, 6.45) is 7.32. The molecule has 0 spiro atoms. The molecule has 2 atom stereocenters. The summed E-state index contributed by atoms with van der Waals surface area (Å²) in [6, 6.07) is 10.2. The number of nitrogens with zero attached hydrogens (tertiary/aromatic N) is 4. The minimum atomic E-state index is -0.275. The van der Waals surface area contributed by atoms with Crippen molar-refractivity contribution in [3.05, 3.63) is 57.3 Å². The second-order valence-corrected chi connectivity index (χ2v) is 11.0. The van der Waals surface area contributed by atoms with Crippen molar-refractivity contribution < 1.29 is 9.15 Å². The number of halogens is 1. The fourth-order valence-corrected chi connectivity index (χ4v) is 6.20. The van der Waals surface area contributed by atoms with Gasteiger partial charge in [-0.15, -0.1) is 0 Å². The first-order valence-electron chi connectivity index (χ1n) is 13.4. The van der Waals surface area contributed by atoms with Gasteiger partial charge in [0.05, 0.1) is 16.6 Å². The third kappa shape index (κ3) is 4.48. The van der Waals surface area contributed by atoms with E-state index >= 15 is 0 Å². The predicted octanol–water partition coefficient (Wildman–Crippen LogP) is 6.52. The maximum absolute atomic E-state index is 13.0. The normalized spacial score (nSPS) is 20.8. The minimum Gasteiger partial charge on any atom is -0.489 e. The molecule has 2 aromatic heterocycles. The van der Waals surface area contributed by atoms with Crippen molar-refractivity contribution in [2.24, 2.45) is 7.05 Å². The molecular formula is C29H33ClN4O3. The molecule has 7 nitrogen and oxygen atoms in total. The summed E-state index contributed by atoms with van der Waals surface area (Å²) in [6.45, 7) is 5.00. The molecule has 6 rings (SSSR count). The van der Waals surface area contributed by atoms with Gasteiger partial charge < -0.3 is 14.1 Å². The van der Waals surface area contributed by atoms with Crippen LogP contribution < -0.4 is 15.3 Å². The molecule has 0 radical (unpaired) electrons. The van der Waals surface area contributed by atoms with Crippen molar-refractivity contribution in [3.8, 4) is 5.75 Å². The summed E-state index contributed by atoms with van der Waals surface area (Å²) in [5, 5.41) is 1.44. The van der Waals surface area contributed by atoms with E-state index in [2.05, 4.69) is 35.9 Å². The number of rotatable bonds is 5. The van der Waals surface area contributed by atoms with Crippen LogP contribution in [-0.4, -0.2) is 33.2 Å². The molecule has 2 aromatic carbocycles. The highest BCUT2D eigenvalue weighted by molar-refractivity contribution is 6.33. The number of hydrogen-bond acceptors (Lipinski definition) is 6. The van der Waals surface area contributed by atoms with Crippen LogP contribution in [0.25, 0.3) is 22.0 Å². The number of aryl methyl sites for hydroxylation is 2. The zero-order valence-electron chi connectivity index (χ0n) is 21.7. The molecule has 1 aliphatic heterocycles. The largest absolute Gasteiger partial charge is 0.489 e. The zero-order chi connectivity index (χ0) is 25.7. The Kier molecular flexibility index (Phi) is 6.35. The van der Waals surface area contributed by atoms with Gasteiger partial charge >= 0.3 is 5.69 Å². The lowest BCUT2D eigenvalue weighted by molar-refractivity contribution is 0.210. The SMILES string of the molecule is CCC1CC(c2nc3cc(C)ccc3o2)CCN1c1nc(=O)n(C)c2cc(OC3CCCC3)c(Cl)cc12. The van der Waals surface area contributed by atoms with E-state index in [9.17, 15) is 4.79 Å². The molecule has 4 aromatic rings. The molecule has 2 unspecified atom stereocenters. The fourth-order valence-electron chi connectivity index (χ4n) is 5.99. The molecule has 0 bridgehead atoms. The molecule has 1 saturated heterocycles. The summed E-state index contributed by atoms with van der Waals surface area (Å²) in [4.78, 5) is 24.6. The van der Waals surface area contributed by atoms with Crippen molar-refractivity contribution in [1.29, 1.82) is 0 Å². The van der Waals surface area contributed by atoms with Crippen LogP contribution in [0.5, 0.6) is 5.75 Å². The highest BCUT2D eigenvalue weighted by atomic mass is 35.5. The van der Waals surface area contributed by atoms with Gasteiger partial charge in [-0.1, -0.05) is 24.6 Å². The number of aromatic nitrogens is 3. The number of benzene rings is 2. The van der Waals surface area contributed by atoms with E-state index in [4.69, 9.17) is 25.7 Å². The Balaban J connectivity index is 1.33. The molecule has 194 valence electrons. The number of piperidine rings is 1. The Hall–Kier alpha value is -3.06. The molecule has 1 aliphatic carbocycles. The van der Waals surface area contributed by atoms with Crippen LogP contribution in [0.2, 0.25) is 5.02 Å². The highest BCUT2D eigenvalue weighted by Crippen LogP contribution is 2.40. The molecule has 1 saturated carbocycles. The van der Waals surface area contributed by atoms with Crippen molar-refractivity contribution in [3.63, 3.8) is 0 Å². The van der Waals surface area contributed by atoms with Gasteiger partial charge in [0, 0.05) is 37.0 Å². The lowest BCUT2D eigenvalue weighted by atomic mass is 9.89. The monoisotopic (exact) mass is 520 g/mol. The summed E-state index contributed by atoms with van der Waals surface area (Å²) >= 11 is 6.73. The van der Waals surface area contributed by atoms with E-state index in [0.29, 0.717) is 16.6 Å². The summed E-state index contributed by atoms with van der Waals surface area (Å²) in [5.41, 5.74) is 3.44. The van der Waals surface area contributed by atoms with Crippen LogP contribution >= 0.6 is 11.6 Å². The predicted molar refractivity (Wildman–Crippen MR) is 147 cm³/mol. The van der Waals surface area contributed by atoms with Gasteiger partial charge in [-0.2, -0.15) is 4.98 Å². The Morgan fingerprint density at radius 1 is 1.14 bits per heavy atom. The summed E-state index contributed by atoms with van der Waals surface area (Å²) in [5.74, 6) is 2.37.